The molecule has 0 unspecified atom stereocenters. The van der Waals surface area contributed by atoms with Crippen molar-refractivity contribution in [3.05, 3.63) is 39.4 Å². The summed E-state index contributed by atoms with van der Waals surface area (Å²) in [6.07, 6.45) is 0. The highest BCUT2D eigenvalue weighted by atomic mass is 35.5. The van der Waals surface area contributed by atoms with Gasteiger partial charge in [-0.25, -0.2) is 4.39 Å². The van der Waals surface area contributed by atoms with Crippen molar-refractivity contribution in [2.75, 3.05) is 36.9 Å². The van der Waals surface area contributed by atoms with Crippen LogP contribution in [-0.2, 0) is 4.74 Å². The van der Waals surface area contributed by atoms with Gasteiger partial charge in [-0.05, 0) is 18.2 Å². The van der Waals surface area contributed by atoms with E-state index in [1.807, 2.05) is 4.90 Å². The van der Waals surface area contributed by atoms with Gasteiger partial charge in [-0.2, -0.15) is 4.98 Å². The summed E-state index contributed by atoms with van der Waals surface area (Å²) in [6.45, 7) is 2.38. The monoisotopic (exact) mass is 324 g/mol. The van der Waals surface area contributed by atoms with Gasteiger partial charge < -0.3 is 15.4 Å². The number of nitrogens with zero attached hydrogens (tertiary/aromatic N) is 2. The standard InChI is InChI=1S/C14H14ClFN4O2/c15-10-7-8(16)1-2-9(10)11-12(17)18-14(19-13(11)21)20-3-5-22-6-4-20/h1-2,7H,3-6H2,(H3,17,18,19,21). The smallest absolute Gasteiger partial charge is 0.262 e. The Bertz CT molecular complexity index is 759. The maximum absolute atomic E-state index is 13.1. The second-order valence-corrected chi connectivity index (χ2v) is 5.28. The van der Waals surface area contributed by atoms with Gasteiger partial charge in [-0.1, -0.05) is 11.6 Å². The van der Waals surface area contributed by atoms with E-state index < -0.39 is 11.4 Å². The van der Waals surface area contributed by atoms with Gasteiger partial charge >= 0.3 is 0 Å². The van der Waals surface area contributed by atoms with Gasteiger partial charge in [-0.3, -0.25) is 9.78 Å². The van der Waals surface area contributed by atoms with Crippen molar-refractivity contribution < 1.29 is 9.13 Å². The summed E-state index contributed by atoms with van der Waals surface area (Å²) in [5, 5.41) is 0.109. The molecule has 2 heterocycles. The summed E-state index contributed by atoms with van der Waals surface area (Å²) in [4.78, 5) is 21.2. The normalized spacial score (nSPS) is 15.1. The van der Waals surface area contributed by atoms with E-state index in [9.17, 15) is 9.18 Å². The predicted octanol–water partition coefficient (Wildman–Crippen LogP) is 1.65. The Balaban J connectivity index is 2.04. The first-order chi connectivity index (χ1) is 10.6. The van der Waals surface area contributed by atoms with Crippen molar-refractivity contribution in [2.24, 2.45) is 0 Å². The first kappa shape index (κ1) is 14.8. The Morgan fingerprint density at radius 3 is 2.73 bits per heavy atom. The molecular weight excluding hydrogens is 311 g/mol. The fraction of sp³-hybridized carbons (Fsp3) is 0.286. The highest BCUT2D eigenvalue weighted by Crippen LogP contribution is 2.29. The van der Waals surface area contributed by atoms with E-state index in [-0.39, 0.29) is 16.4 Å². The zero-order valence-electron chi connectivity index (χ0n) is 11.6. The van der Waals surface area contributed by atoms with Crippen LogP contribution in [0.3, 0.4) is 0 Å². The molecule has 0 bridgehead atoms. The van der Waals surface area contributed by atoms with Crippen molar-refractivity contribution in [2.45, 2.75) is 0 Å². The van der Waals surface area contributed by atoms with Gasteiger partial charge in [-0.15, -0.1) is 0 Å². The number of anilines is 2. The summed E-state index contributed by atoms with van der Waals surface area (Å²) >= 11 is 5.99. The molecule has 8 heteroatoms. The van der Waals surface area contributed by atoms with Crippen LogP contribution in [0.4, 0.5) is 16.2 Å². The molecule has 1 aromatic carbocycles. The van der Waals surface area contributed by atoms with Crippen LogP contribution in [0.1, 0.15) is 0 Å². The third-order valence-electron chi connectivity index (χ3n) is 3.45. The van der Waals surface area contributed by atoms with Gasteiger partial charge in [0.1, 0.15) is 11.6 Å². The van der Waals surface area contributed by atoms with Crippen LogP contribution >= 0.6 is 11.6 Å². The number of H-pyrrole nitrogens is 1. The molecule has 1 fully saturated rings. The minimum absolute atomic E-state index is 0.0544. The average Bonchev–Trinajstić information content (AvgIpc) is 2.49. The molecule has 1 aliphatic heterocycles. The number of hydrogen-bond donors (Lipinski definition) is 2. The molecule has 0 saturated carbocycles. The molecule has 116 valence electrons. The lowest BCUT2D eigenvalue weighted by Crippen LogP contribution is -2.38. The van der Waals surface area contributed by atoms with Crippen LogP contribution in [0.25, 0.3) is 11.1 Å². The molecule has 0 atom stereocenters. The first-order valence-corrected chi connectivity index (χ1v) is 7.12. The van der Waals surface area contributed by atoms with Gasteiger partial charge in [0.15, 0.2) is 0 Å². The summed E-state index contributed by atoms with van der Waals surface area (Å²) in [5.41, 5.74) is 6.00. The summed E-state index contributed by atoms with van der Waals surface area (Å²) in [6, 6.07) is 3.76. The maximum atomic E-state index is 13.1. The Kier molecular flexibility index (Phi) is 4.00. The first-order valence-electron chi connectivity index (χ1n) is 6.74. The minimum atomic E-state index is -0.485. The molecule has 0 amide bonds. The van der Waals surface area contributed by atoms with Crippen LogP contribution in [-0.4, -0.2) is 36.3 Å². The van der Waals surface area contributed by atoms with Crippen LogP contribution in [0.2, 0.25) is 5.02 Å². The number of morpholine rings is 1. The number of ether oxygens (including phenoxy) is 1. The van der Waals surface area contributed by atoms with Crippen molar-refractivity contribution >= 4 is 23.4 Å². The highest BCUT2D eigenvalue weighted by molar-refractivity contribution is 6.33. The summed E-state index contributed by atoms with van der Waals surface area (Å²) < 4.78 is 18.4. The van der Waals surface area contributed by atoms with E-state index in [0.29, 0.717) is 37.8 Å². The van der Waals surface area contributed by atoms with Gasteiger partial charge in [0.2, 0.25) is 5.95 Å². The summed E-state index contributed by atoms with van der Waals surface area (Å²) in [7, 11) is 0. The van der Waals surface area contributed by atoms with E-state index in [2.05, 4.69) is 9.97 Å². The van der Waals surface area contributed by atoms with E-state index in [4.69, 9.17) is 22.1 Å². The number of rotatable bonds is 2. The number of halogens is 2. The van der Waals surface area contributed by atoms with E-state index in [1.54, 1.807) is 0 Å². The van der Waals surface area contributed by atoms with Crippen molar-refractivity contribution in [1.82, 2.24) is 9.97 Å². The van der Waals surface area contributed by atoms with Crippen LogP contribution in [0.15, 0.2) is 23.0 Å². The number of aromatic amines is 1. The highest BCUT2D eigenvalue weighted by Gasteiger charge is 2.19. The molecule has 6 nitrogen and oxygen atoms in total. The summed E-state index contributed by atoms with van der Waals surface area (Å²) in [5.74, 6) is -0.0341. The lowest BCUT2D eigenvalue weighted by Gasteiger charge is -2.27. The number of nitrogens with one attached hydrogen (secondary N) is 1. The van der Waals surface area contributed by atoms with Gasteiger partial charge in [0.25, 0.3) is 5.56 Å². The van der Waals surface area contributed by atoms with Crippen molar-refractivity contribution in [3.8, 4) is 11.1 Å². The fourth-order valence-corrected chi connectivity index (χ4v) is 2.62. The number of benzene rings is 1. The molecule has 0 aliphatic carbocycles. The quantitative estimate of drug-likeness (QED) is 0.877. The largest absolute Gasteiger partial charge is 0.383 e. The van der Waals surface area contributed by atoms with Gasteiger partial charge in [0.05, 0.1) is 23.8 Å². The Morgan fingerprint density at radius 1 is 1.36 bits per heavy atom. The predicted molar refractivity (Wildman–Crippen MR) is 82.7 cm³/mol. The number of nitrogen functional groups attached to an aromatic ring is 1. The Morgan fingerprint density at radius 2 is 2.09 bits per heavy atom. The molecule has 1 aromatic heterocycles. The van der Waals surface area contributed by atoms with Crippen LogP contribution < -0.4 is 16.2 Å². The van der Waals surface area contributed by atoms with Crippen molar-refractivity contribution in [3.63, 3.8) is 0 Å². The van der Waals surface area contributed by atoms with Crippen molar-refractivity contribution in [1.29, 1.82) is 0 Å². The lowest BCUT2D eigenvalue weighted by atomic mass is 10.1. The zero-order valence-corrected chi connectivity index (χ0v) is 12.4. The molecule has 2 aromatic rings. The molecule has 3 rings (SSSR count). The fourth-order valence-electron chi connectivity index (χ4n) is 2.36. The maximum Gasteiger partial charge on any atom is 0.262 e. The van der Waals surface area contributed by atoms with Crippen LogP contribution in [0.5, 0.6) is 0 Å². The molecular formula is C14H14ClFN4O2. The zero-order chi connectivity index (χ0) is 15.7. The number of aromatic nitrogens is 2. The minimum Gasteiger partial charge on any atom is -0.383 e. The Hall–Kier alpha value is -2.12. The third kappa shape index (κ3) is 2.77. The van der Waals surface area contributed by atoms with Crippen LogP contribution in [0, 0.1) is 5.82 Å². The molecule has 0 spiro atoms. The Labute approximate surface area is 130 Å². The lowest BCUT2D eigenvalue weighted by molar-refractivity contribution is 0.122. The second kappa shape index (κ2) is 5.94. The molecule has 0 radical (unpaired) electrons. The van der Waals surface area contributed by atoms with Gasteiger partial charge in [0, 0.05) is 18.7 Å². The van der Waals surface area contributed by atoms with E-state index >= 15 is 0 Å². The molecule has 3 N–H and O–H groups in total. The molecule has 1 saturated heterocycles. The number of nitrogens with two attached hydrogens (primary N) is 1. The number of hydrogen-bond acceptors (Lipinski definition) is 5. The molecule has 22 heavy (non-hydrogen) atoms. The molecule has 1 aliphatic rings. The second-order valence-electron chi connectivity index (χ2n) is 4.87. The third-order valence-corrected chi connectivity index (χ3v) is 3.76. The topological polar surface area (TPSA) is 84.2 Å². The van der Waals surface area contributed by atoms with E-state index in [1.165, 1.54) is 12.1 Å². The van der Waals surface area contributed by atoms with E-state index in [0.717, 1.165) is 6.07 Å². The average molecular weight is 325 g/mol. The SMILES string of the molecule is Nc1nc(N2CCOCC2)[nH]c(=O)c1-c1ccc(F)cc1Cl.